The lowest BCUT2D eigenvalue weighted by Crippen LogP contribution is -2.47. The summed E-state index contributed by atoms with van der Waals surface area (Å²) in [5.74, 6) is 0.00441. The van der Waals surface area contributed by atoms with E-state index in [1.807, 2.05) is 14.1 Å². The molecule has 2 fully saturated rings. The van der Waals surface area contributed by atoms with E-state index in [1.54, 1.807) is 4.90 Å². The Hall–Kier alpha value is -0.940. The van der Waals surface area contributed by atoms with Gasteiger partial charge in [0.1, 0.15) is 0 Å². The van der Waals surface area contributed by atoms with Gasteiger partial charge < -0.3 is 10.2 Å². The van der Waals surface area contributed by atoms with E-state index in [-0.39, 0.29) is 23.9 Å². The van der Waals surface area contributed by atoms with Crippen LogP contribution in [-0.4, -0.2) is 60.4 Å². The van der Waals surface area contributed by atoms with Crippen molar-refractivity contribution in [3.8, 4) is 0 Å². The maximum absolute atomic E-state index is 12.4. The Balaban J connectivity index is 1.91. The van der Waals surface area contributed by atoms with Gasteiger partial charge in [-0.15, -0.1) is 0 Å². The molecule has 0 aromatic carbocycles. The van der Waals surface area contributed by atoms with Gasteiger partial charge in [-0.05, 0) is 33.9 Å². The van der Waals surface area contributed by atoms with E-state index in [2.05, 4.69) is 17.1 Å². The third-order valence-electron chi connectivity index (χ3n) is 4.66. The van der Waals surface area contributed by atoms with E-state index in [4.69, 9.17) is 0 Å². The van der Waals surface area contributed by atoms with Crippen molar-refractivity contribution in [1.82, 2.24) is 15.1 Å². The molecule has 0 spiro atoms. The van der Waals surface area contributed by atoms with Crippen LogP contribution >= 0.6 is 0 Å². The summed E-state index contributed by atoms with van der Waals surface area (Å²) < 4.78 is 0. The standard InChI is InChI=1S/C15H27N3O2/c1-11(17(2)3)10-16-13-9-14(19)18(15(13)20)12-7-5-4-6-8-12/h11-13,16H,4-10H2,1-3H3. The molecule has 0 radical (unpaired) electrons. The molecule has 20 heavy (non-hydrogen) atoms. The van der Waals surface area contributed by atoms with Gasteiger partial charge >= 0.3 is 0 Å². The van der Waals surface area contributed by atoms with Gasteiger partial charge in [0.15, 0.2) is 0 Å². The van der Waals surface area contributed by atoms with E-state index in [9.17, 15) is 9.59 Å². The predicted molar refractivity (Wildman–Crippen MR) is 78.3 cm³/mol. The number of likely N-dealkylation sites (N-methyl/N-ethyl adjacent to an activating group) is 1. The molecule has 1 saturated heterocycles. The van der Waals surface area contributed by atoms with Crippen LogP contribution in [0.3, 0.4) is 0 Å². The molecule has 0 bridgehead atoms. The van der Waals surface area contributed by atoms with Gasteiger partial charge in [-0.1, -0.05) is 19.3 Å². The minimum absolute atomic E-state index is 0.00661. The number of likely N-dealkylation sites (tertiary alicyclic amines) is 1. The molecule has 2 amide bonds. The molecular weight excluding hydrogens is 254 g/mol. The second kappa shape index (κ2) is 6.68. The highest BCUT2D eigenvalue weighted by Crippen LogP contribution is 2.27. The van der Waals surface area contributed by atoms with Crippen LogP contribution in [0, 0.1) is 0 Å². The highest BCUT2D eigenvalue weighted by Gasteiger charge is 2.42. The van der Waals surface area contributed by atoms with Crippen LogP contribution in [0.4, 0.5) is 0 Å². The Labute approximate surface area is 121 Å². The lowest BCUT2D eigenvalue weighted by Gasteiger charge is -2.30. The first-order valence-electron chi connectivity index (χ1n) is 7.76. The minimum atomic E-state index is -0.313. The summed E-state index contributed by atoms with van der Waals surface area (Å²) in [5, 5.41) is 3.26. The van der Waals surface area contributed by atoms with Crippen molar-refractivity contribution in [1.29, 1.82) is 0 Å². The average molecular weight is 281 g/mol. The fraction of sp³-hybridized carbons (Fsp3) is 0.867. The molecule has 2 aliphatic rings. The number of rotatable bonds is 5. The number of nitrogens with zero attached hydrogens (tertiary/aromatic N) is 2. The van der Waals surface area contributed by atoms with Gasteiger partial charge in [-0.2, -0.15) is 0 Å². The van der Waals surface area contributed by atoms with E-state index in [0.717, 1.165) is 32.2 Å². The summed E-state index contributed by atoms with van der Waals surface area (Å²) in [5.41, 5.74) is 0. The predicted octanol–water partition coefficient (Wildman–Crippen LogP) is 0.986. The first-order chi connectivity index (χ1) is 9.50. The molecule has 2 atom stereocenters. The zero-order chi connectivity index (χ0) is 14.7. The number of carbonyl (C=O) groups is 2. The van der Waals surface area contributed by atoms with Crippen molar-refractivity contribution in [2.24, 2.45) is 0 Å². The quantitative estimate of drug-likeness (QED) is 0.764. The van der Waals surface area contributed by atoms with Crippen LogP contribution < -0.4 is 5.32 Å². The summed E-state index contributed by atoms with van der Waals surface area (Å²) in [6, 6.07) is 0.190. The third-order valence-corrected chi connectivity index (χ3v) is 4.66. The maximum atomic E-state index is 12.4. The molecule has 5 heteroatoms. The zero-order valence-corrected chi connectivity index (χ0v) is 12.9. The number of imide groups is 1. The van der Waals surface area contributed by atoms with Crippen molar-refractivity contribution in [2.45, 2.75) is 63.6 Å². The normalized spacial score (nSPS) is 26.6. The smallest absolute Gasteiger partial charge is 0.247 e. The number of hydrogen-bond acceptors (Lipinski definition) is 4. The fourth-order valence-corrected chi connectivity index (χ4v) is 3.03. The molecule has 0 aromatic rings. The van der Waals surface area contributed by atoms with E-state index in [0.29, 0.717) is 12.5 Å². The molecule has 1 saturated carbocycles. The minimum Gasteiger partial charge on any atom is -0.305 e. The molecule has 0 aromatic heterocycles. The summed E-state index contributed by atoms with van der Waals surface area (Å²) >= 11 is 0. The van der Waals surface area contributed by atoms with Crippen molar-refractivity contribution in [3.05, 3.63) is 0 Å². The fourth-order valence-electron chi connectivity index (χ4n) is 3.03. The van der Waals surface area contributed by atoms with Crippen molar-refractivity contribution in [2.75, 3.05) is 20.6 Å². The molecule has 1 N–H and O–H groups in total. The second-order valence-electron chi connectivity index (χ2n) is 6.37. The van der Waals surface area contributed by atoms with Gasteiger partial charge in [0.2, 0.25) is 11.8 Å². The Bertz CT molecular complexity index is 364. The van der Waals surface area contributed by atoms with Crippen molar-refractivity contribution in [3.63, 3.8) is 0 Å². The largest absolute Gasteiger partial charge is 0.305 e. The van der Waals surface area contributed by atoms with Gasteiger partial charge in [0.25, 0.3) is 0 Å². The van der Waals surface area contributed by atoms with E-state index >= 15 is 0 Å². The van der Waals surface area contributed by atoms with Crippen molar-refractivity contribution >= 4 is 11.8 Å². The van der Waals surface area contributed by atoms with Crippen molar-refractivity contribution < 1.29 is 9.59 Å². The Kier molecular flexibility index (Phi) is 5.16. The zero-order valence-electron chi connectivity index (χ0n) is 12.9. The molecule has 5 nitrogen and oxygen atoms in total. The molecular formula is C15H27N3O2. The first kappa shape index (κ1) is 15.4. The van der Waals surface area contributed by atoms with Gasteiger partial charge in [0, 0.05) is 18.6 Å². The van der Waals surface area contributed by atoms with E-state index in [1.165, 1.54) is 6.42 Å². The molecule has 114 valence electrons. The number of hydrogen-bond donors (Lipinski definition) is 1. The summed E-state index contributed by atoms with van der Waals surface area (Å²) in [4.78, 5) is 28.2. The van der Waals surface area contributed by atoms with Crippen LogP contribution in [-0.2, 0) is 9.59 Å². The Morgan fingerprint density at radius 3 is 2.50 bits per heavy atom. The second-order valence-corrected chi connectivity index (χ2v) is 6.37. The highest BCUT2D eigenvalue weighted by atomic mass is 16.2. The van der Waals surface area contributed by atoms with Crippen LogP contribution in [0.2, 0.25) is 0 Å². The molecule has 1 heterocycles. The average Bonchev–Trinajstić information content (AvgIpc) is 2.71. The lowest BCUT2D eigenvalue weighted by atomic mass is 9.94. The SMILES string of the molecule is CC(CNC1CC(=O)N(C2CCCCC2)C1=O)N(C)C. The molecule has 2 rings (SSSR count). The van der Waals surface area contributed by atoms with Crippen LogP contribution in [0.5, 0.6) is 0 Å². The molecule has 1 aliphatic heterocycles. The van der Waals surface area contributed by atoms with Gasteiger partial charge in [0.05, 0.1) is 12.5 Å². The van der Waals surface area contributed by atoms with E-state index < -0.39 is 0 Å². The Morgan fingerprint density at radius 2 is 1.90 bits per heavy atom. The third kappa shape index (κ3) is 3.38. The monoisotopic (exact) mass is 281 g/mol. The summed E-state index contributed by atoms with van der Waals surface area (Å²) in [6.45, 7) is 2.84. The molecule has 2 unspecified atom stereocenters. The number of amides is 2. The first-order valence-corrected chi connectivity index (χ1v) is 7.76. The number of nitrogens with one attached hydrogen (secondary N) is 1. The Morgan fingerprint density at radius 1 is 1.25 bits per heavy atom. The van der Waals surface area contributed by atoms with Gasteiger partial charge in [-0.3, -0.25) is 14.5 Å². The summed E-state index contributed by atoms with van der Waals surface area (Å²) in [7, 11) is 4.03. The summed E-state index contributed by atoms with van der Waals surface area (Å²) in [6.07, 6.45) is 5.80. The topological polar surface area (TPSA) is 52.7 Å². The highest BCUT2D eigenvalue weighted by molar-refractivity contribution is 6.05. The maximum Gasteiger partial charge on any atom is 0.247 e. The lowest BCUT2D eigenvalue weighted by molar-refractivity contribution is -0.142. The van der Waals surface area contributed by atoms with Crippen LogP contribution in [0.1, 0.15) is 45.4 Å². The van der Waals surface area contributed by atoms with Crippen LogP contribution in [0.25, 0.3) is 0 Å². The molecule has 1 aliphatic carbocycles. The van der Waals surface area contributed by atoms with Crippen LogP contribution in [0.15, 0.2) is 0 Å². The number of carbonyl (C=O) groups excluding carboxylic acids is 2. The van der Waals surface area contributed by atoms with Gasteiger partial charge in [-0.25, -0.2) is 0 Å².